The molecule has 1 atom stereocenters. The number of nitrogens with one attached hydrogen (secondary N) is 2. The van der Waals surface area contributed by atoms with Crippen molar-refractivity contribution in [3.63, 3.8) is 0 Å². The predicted molar refractivity (Wildman–Crippen MR) is 74.9 cm³/mol. The zero-order valence-electron chi connectivity index (χ0n) is 10.3. The number of hydrogen-bond acceptors (Lipinski definition) is 4. The van der Waals surface area contributed by atoms with Crippen LogP contribution in [0.3, 0.4) is 0 Å². The van der Waals surface area contributed by atoms with Gasteiger partial charge in [0.05, 0.1) is 15.5 Å². The Bertz CT molecular complexity index is 476. The first kappa shape index (κ1) is 14.2. The average Bonchev–Trinajstić information content (AvgIpc) is 2.62. The minimum atomic E-state index is -0.625. The Morgan fingerprint density at radius 3 is 2.95 bits per heavy atom. The van der Waals surface area contributed by atoms with Crippen molar-refractivity contribution < 1.29 is 9.31 Å². The average molecular weight is 332 g/mol. The maximum absolute atomic E-state index is 13.4. The van der Waals surface area contributed by atoms with Crippen LogP contribution >= 0.6 is 15.9 Å². The summed E-state index contributed by atoms with van der Waals surface area (Å²) in [7, 11) is 0. The topological polar surface area (TPSA) is 67.2 Å². The van der Waals surface area contributed by atoms with E-state index in [1.165, 1.54) is 6.07 Å². The lowest BCUT2D eigenvalue weighted by Gasteiger charge is -2.17. The quantitative estimate of drug-likeness (QED) is 0.659. The van der Waals surface area contributed by atoms with Crippen molar-refractivity contribution in [2.75, 3.05) is 18.4 Å². The van der Waals surface area contributed by atoms with Gasteiger partial charge in [0.1, 0.15) is 11.5 Å². The van der Waals surface area contributed by atoms with E-state index in [0.29, 0.717) is 5.69 Å². The lowest BCUT2D eigenvalue weighted by atomic mass is 10.1. The molecule has 1 fully saturated rings. The van der Waals surface area contributed by atoms with Gasteiger partial charge in [-0.15, -0.1) is 0 Å². The van der Waals surface area contributed by atoms with Crippen molar-refractivity contribution in [2.45, 2.75) is 25.3 Å². The Hall–Kier alpha value is -1.21. The van der Waals surface area contributed by atoms with Crippen molar-refractivity contribution in [1.29, 1.82) is 0 Å². The van der Waals surface area contributed by atoms with Gasteiger partial charge in [-0.25, -0.2) is 4.39 Å². The zero-order chi connectivity index (χ0) is 13.8. The second-order valence-electron chi connectivity index (χ2n) is 4.56. The van der Waals surface area contributed by atoms with Crippen molar-refractivity contribution in [2.24, 2.45) is 0 Å². The molecule has 1 heterocycles. The molecule has 0 radical (unpaired) electrons. The fourth-order valence-electron chi connectivity index (χ4n) is 2.19. The summed E-state index contributed by atoms with van der Waals surface area (Å²) in [4.78, 5) is 10.4. The SMILES string of the molecule is O=[N+]([O-])c1cc(F)c(Br)cc1NC1CCCNCC1. The fraction of sp³-hybridized carbons (Fsp3) is 0.500. The molecule has 2 N–H and O–H groups in total. The minimum Gasteiger partial charge on any atom is -0.377 e. The Labute approximate surface area is 118 Å². The van der Waals surface area contributed by atoms with Gasteiger partial charge in [0.25, 0.3) is 5.69 Å². The van der Waals surface area contributed by atoms with E-state index in [1.807, 2.05) is 0 Å². The van der Waals surface area contributed by atoms with Crippen LogP contribution in [0.25, 0.3) is 0 Å². The third kappa shape index (κ3) is 3.63. The number of hydrogen-bond donors (Lipinski definition) is 2. The number of nitrogens with zero attached hydrogens (tertiary/aromatic N) is 1. The van der Waals surface area contributed by atoms with E-state index >= 15 is 0 Å². The number of nitro groups is 1. The zero-order valence-corrected chi connectivity index (χ0v) is 11.9. The lowest BCUT2D eigenvalue weighted by molar-refractivity contribution is -0.384. The van der Waals surface area contributed by atoms with Crippen LogP contribution in [0.5, 0.6) is 0 Å². The van der Waals surface area contributed by atoms with E-state index in [2.05, 4.69) is 26.6 Å². The molecule has 0 saturated carbocycles. The van der Waals surface area contributed by atoms with Gasteiger partial charge in [-0.2, -0.15) is 0 Å². The number of nitro benzene ring substituents is 1. The van der Waals surface area contributed by atoms with E-state index in [0.717, 1.165) is 38.4 Å². The first-order chi connectivity index (χ1) is 9.08. The molecular formula is C12H15BrFN3O2. The van der Waals surface area contributed by atoms with Crippen molar-refractivity contribution in [3.05, 3.63) is 32.5 Å². The molecule has 1 aliphatic rings. The van der Waals surface area contributed by atoms with E-state index in [9.17, 15) is 14.5 Å². The van der Waals surface area contributed by atoms with Gasteiger partial charge in [-0.1, -0.05) is 0 Å². The van der Waals surface area contributed by atoms with E-state index < -0.39 is 10.7 Å². The molecule has 5 nitrogen and oxygen atoms in total. The molecule has 104 valence electrons. The van der Waals surface area contributed by atoms with Gasteiger partial charge in [0.2, 0.25) is 0 Å². The van der Waals surface area contributed by atoms with Gasteiger partial charge < -0.3 is 10.6 Å². The van der Waals surface area contributed by atoms with Crippen molar-refractivity contribution in [3.8, 4) is 0 Å². The van der Waals surface area contributed by atoms with Crippen LogP contribution in [-0.4, -0.2) is 24.1 Å². The number of anilines is 1. The highest BCUT2D eigenvalue weighted by atomic mass is 79.9. The summed E-state index contributed by atoms with van der Waals surface area (Å²) in [5, 5.41) is 17.4. The highest BCUT2D eigenvalue weighted by Gasteiger charge is 2.20. The number of benzene rings is 1. The number of halogens is 2. The van der Waals surface area contributed by atoms with Gasteiger partial charge in [-0.3, -0.25) is 10.1 Å². The number of rotatable bonds is 3. The summed E-state index contributed by atoms with van der Waals surface area (Å²) in [6.45, 7) is 1.85. The highest BCUT2D eigenvalue weighted by Crippen LogP contribution is 2.31. The molecule has 0 aliphatic carbocycles. The largest absolute Gasteiger partial charge is 0.377 e. The van der Waals surface area contributed by atoms with Gasteiger partial charge in [-0.05, 0) is 54.3 Å². The summed E-state index contributed by atoms with van der Waals surface area (Å²) < 4.78 is 13.6. The smallest absolute Gasteiger partial charge is 0.295 e. The Morgan fingerprint density at radius 2 is 2.21 bits per heavy atom. The Morgan fingerprint density at radius 1 is 1.42 bits per heavy atom. The molecule has 2 rings (SSSR count). The van der Waals surface area contributed by atoms with Crippen LogP contribution in [0.4, 0.5) is 15.8 Å². The standard InChI is InChI=1S/C12H15BrFN3O2/c13-9-6-11(12(17(18)19)7-10(9)14)16-8-2-1-4-15-5-3-8/h6-8,15-16H,1-5H2. The van der Waals surface area contributed by atoms with Crippen LogP contribution in [0.1, 0.15) is 19.3 Å². The van der Waals surface area contributed by atoms with Crippen LogP contribution in [0.15, 0.2) is 16.6 Å². The van der Waals surface area contributed by atoms with E-state index in [-0.39, 0.29) is 16.2 Å². The van der Waals surface area contributed by atoms with Crippen molar-refractivity contribution in [1.82, 2.24) is 5.32 Å². The van der Waals surface area contributed by atoms with Crippen LogP contribution in [0.2, 0.25) is 0 Å². The molecule has 1 aromatic rings. The predicted octanol–water partition coefficient (Wildman–Crippen LogP) is 3.05. The Kier molecular flexibility index (Phi) is 4.71. The summed E-state index contributed by atoms with van der Waals surface area (Å²) >= 11 is 3.06. The molecule has 1 saturated heterocycles. The molecular weight excluding hydrogens is 317 g/mol. The summed E-state index contributed by atoms with van der Waals surface area (Å²) in [5.41, 5.74) is 0.142. The summed E-state index contributed by atoms with van der Waals surface area (Å²) in [5.74, 6) is -0.625. The summed E-state index contributed by atoms with van der Waals surface area (Å²) in [6, 6.07) is 2.55. The fourth-order valence-corrected chi connectivity index (χ4v) is 2.53. The highest BCUT2D eigenvalue weighted by molar-refractivity contribution is 9.10. The molecule has 0 aromatic heterocycles. The molecule has 1 unspecified atom stereocenters. The second-order valence-corrected chi connectivity index (χ2v) is 5.42. The van der Waals surface area contributed by atoms with Crippen LogP contribution in [-0.2, 0) is 0 Å². The molecule has 0 amide bonds. The van der Waals surface area contributed by atoms with Gasteiger partial charge >= 0.3 is 0 Å². The molecule has 0 spiro atoms. The molecule has 0 bridgehead atoms. The molecule has 1 aliphatic heterocycles. The van der Waals surface area contributed by atoms with Gasteiger partial charge in [0.15, 0.2) is 0 Å². The normalized spacial score (nSPS) is 19.8. The van der Waals surface area contributed by atoms with E-state index in [1.54, 1.807) is 0 Å². The summed E-state index contributed by atoms with van der Waals surface area (Å²) in [6.07, 6.45) is 2.86. The third-order valence-electron chi connectivity index (χ3n) is 3.17. The van der Waals surface area contributed by atoms with E-state index in [4.69, 9.17) is 0 Å². The van der Waals surface area contributed by atoms with Crippen LogP contribution in [0, 0.1) is 15.9 Å². The monoisotopic (exact) mass is 331 g/mol. The molecule has 1 aromatic carbocycles. The lowest BCUT2D eigenvalue weighted by Crippen LogP contribution is -2.22. The Balaban J connectivity index is 2.22. The maximum Gasteiger partial charge on any atom is 0.295 e. The third-order valence-corrected chi connectivity index (χ3v) is 3.78. The minimum absolute atomic E-state index is 0.172. The molecule has 19 heavy (non-hydrogen) atoms. The van der Waals surface area contributed by atoms with Gasteiger partial charge in [0, 0.05) is 6.04 Å². The van der Waals surface area contributed by atoms with Crippen molar-refractivity contribution >= 4 is 27.3 Å². The first-order valence-corrected chi connectivity index (χ1v) is 6.98. The van der Waals surface area contributed by atoms with Crippen LogP contribution < -0.4 is 10.6 Å². The molecule has 7 heteroatoms. The maximum atomic E-state index is 13.4. The second kappa shape index (κ2) is 6.29. The first-order valence-electron chi connectivity index (χ1n) is 6.18.